The third kappa shape index (κ3) is 2.82. The Morgan fingerprint density at radius 2 is 2.11 bits per heavy atom. The van der Waals surface area contributed by atoms with E-state index in [9.17, 15) is 14.4 Å². The monoisotopic (exact) mass is 369 g/mol. The number of nitrogens with one attached hydrogen (secondary N) is 1. The Hall–Kier alpha value is -3.30. The first-order valence-corrected chi connectivity index (χ1v) is 8.72. The maximum atomic E-state index is 13.0. The molecule has 2 aliphatic heterocycles. The summed E-state index contributed by atoms with van der Waals surface area (Å²) in [5.74, 6) is -0.587. The van der Waals surface area contributed by atoms with E-state index in [0.717, 1.165) is 0 Å². The summed E-state index contributed by atoms with van der Waals surface area (Å²) < 4.78 is 0. The van der Waals surface area contributed by atoms with Crippen molar-refractivity contribution in [3.63, 3.8) is 0 Å². The Bertz CT molecular complexity index is 898. The Morgan fingerprint density at radius 3 is 2.89 bits per heavy atom. The molecule has 0 bridgehead atoms. The van der Waals surface area contributed by atoms with Gasteiger partial charge in [-0.2, -0.15) is 4.80 Å². The lowest BCUT2D eigenvalue weighted by molar-refractivity contribution is -0.124. The summed E-state index contributed by atoms with van der Waals surface area (Å²) in [6.45, 7) is 2.40. The van der Waals surface area contributed by atoms with Crippen LogP contribution in [0.15, 0.2) is 30.6 Å². The molecule has 1 fully saturated rings. The van der Waals surface area contributed by atoms with Crippen molar-refractivity contribution in [1.29, 1.82) is 0 Å². The molecule has 4 rings (SSSR count). The second-order valence-electron chi connectivity index (χ2n) is 6.74. The molecular formula is C17H19N7O3. The second kappa shape index (κ2) is 6.45. The van der Waals surface area contributed by atoms with Crippen molar-refractivity contribution in [2.24, 2.45) is 0 Å². The molecule has 3 heterocycles. The zero-order valence-corrected chi connectivity index (χ0v) is 14.8. The normalized spacial score (nSPS) is 21.2. The summed E-state index contributed by atoms with van der Waals surface area (Å²) in [7, 11) is 0. The number of aromatic nitrogens is 4. The quantitative estimate of drug-likeness (QED) is 0.780. The van der Waals surface area contributed by atoms with Crippen molar-refractivity contribution in [3.8, 4) is 0 Å². The molecule has 10 heteroatoms. The molecule has 1 aromatic carbocycles. The minimum atomic E-state index is -0.840. The van der Waals surface area contributed by atoms with E-state index < -0.39 is 5.66 Å². The first kappa shape index (κ1) is 17.1. The van der Waals surface area contributed by atoms with Gasteiger partial charge in [-0.1, -0.05) is 12.1 Å². The third-order valence-corrected chi connectivity index (χ3v) is 5.07. The lowest BCUT2D eigenvalue weighted by atomic mass is 9.98. The predicted molar refractivity (Wildman–Crippen MR) is 93.4 cm³/mol. The number of amides is 3. The van der Waals surface area contributed by atoms with Gasteiger partial charge in [-0.25, -0.2) is 0 Å². The number of benzene rings is 1. The molecule has 140 valence electrons. The highest BCUT2D eigenvalue weighted by Gasteiger charge is 2.53. The minimum absolute atomic E-state index is 0.0416. The first-order valence-electron chi connectivity index (χ1n) is 8.72. The van der Waals surface area contributed by atoms with Gasteiger partial charge >= 0.3 is 0 Å². The molecule has 2 aliphatic rings. The Labute approximate surface area is 155 Å². The van der Waals surface area contributed by atoms with Gasteiger partial charge in [0.05, 0.1) is 17.8 Å². The van der Waals surface area contributed by atoms with Gasteiger partial charge < -0.3 is 10.2 Å². The smallest absolute Gasteiger partial charge is 0.258 e. The number of anilines is 1. The van der Waals surface area contributed by atoms with E-state index in [1.807, 2.05) is 6.92 Å². The van der Waals surface area contributed by atoms with E-state index in [4.69, 9.17) is 0 Å². The first-order chi connectivity index (χ1) is 13.0. The van der Waals surface area contributed by atoms with Crippen molar-refractivity contribution >= 4 is 23.4 Å². The average Bonchev–Trinajstić information content (AvgIpc) is 3.27. The molecule has 1 atom stereocenters. The zero-order chi connectivity index (χ0) is 19.0. The summed E-state index contributed by atoms with van der Waals surface area (Å²) >= 11 is 0. The van der Waals surface area contributed by atoms with Crippen LogP contribution in [0.1, 0.15) is 30.1 Å². The van der Waals surface area contributed by atoms with Gasteiger partial charge in [0.2, 0.25) is 11.8 Å². The van der Waals surface area contributed by atoms with Gasteiger partial charge in [-0.05, 0) is 30.7 Å². The summed E-state index contributed by atoms with van der Waals surface area (Å²) in [6.07, 6.45) is 2.15. The van der Waals surface area contributed by atoms with E-state index >= 15 is 0 Å². The van der Waals surface area contributed by atoms with Gasteiger partial charge in [-0.3, -0.25) is 19.3 Å². The van der Waals surface area contributed by atoms with E-state index in [-0.39, 0.29) is 24.3 Å². The highest BCUT2D eigenvalue weighted by atomic mass is 16.2. The van der Waals surface area contributed by atoms with Crippen molar-refractivity contribution in [2.45, 2.75) is 32.0 Å². The largest absolute Gasteiger partial charge is 0.353 e. The molecular weight excluding hydrogens is 350 g/mol. The maximum absolute atomic E-state index is 13.0. The van der Waals surface area contributed by atoms with Gasteiger partial charge in [0.1, 0.15) is 12.2 Å². The van der Waals surface area contributed by atoms with E-state index in [2.05, 4.69) is 20.7 Å². The minimum Gasteiger partial charge on any atom is -0.353 e. The highest BCUT2D eigenvalue weighted by molar-refractivity contribution is 6.11. The third-order valence-electron chi connectivity index (χ3n) is 5.07. The van der Waals surface area contributed by atoms with Crippen molar-refractivity contribution in [1.82, 2.24) is 30.4 Å². The zero-order valence-electron chi connectivity index (χ0n) is 14.8. The Morgan fingerprint density at radius 1 is 1.30 bits per heavy atom. The fourth-order valence-electron chi connectivity index (χ4n) is 3.73. The van der Waals surface area contributed by atoms with Crippen molar-refractivity contribution in [3.05, 3.63) is 36.2 Å². The molecule has 1 unspecified atom stereocenters. The molecule has 0 saturated carbocycles. The number of rotatable bonds is 5. The van der Waals surface area contributed by atoms with E-state index in [1.54, 1.807) is 29.2 Å². The number of tetrazole rings is 1. The van der Waals surface area contributed by atoms with Crippen LogP contribution in [0.2, 0.25) is 0 Å². The van der Waals surface area contributed by atoms with E-state index in [1.165, 1.54) is 16.0 Å². The summed E-state index contributed by atoms with van der Waals surface area (Å²) in [5, 5.41) is 13.9. The summed E-state index contributed by atoms with van der Waals surface area (Å²) in [4.78, 5) is 42.5. The lowest BCUT2D eigenvalue weighted by Gasteiger charge is -2.48. The van der Waals surface area contributed by atoms with Gasteiger partial charge in [0.15, 0.2) is 6.33 Å². The average molecular weight is 369 g/mol. The van der Waals surface area contributed by atoms with Gasteiger partial charge in [0.25, 0.3) is 5.91 Å². The molecule has 1 N–H and O–H groups in total. The molecule has 10 nitrogen and oxygen atoms in total. The van der Waals surface area contributed by atoms with E-state index in [0.29, 0.717) is 37.2 Å². The molecule has 0 radical (unpaired) electrons. The lowest BCUT2D eigenvalue weighted by Crippen LogP contribution is -2.63. The number of nitrogens with zero attached hydrogens (tertiary/aromatic N) is 6. The summed E-state index contributed by atoms with van der Waals surface area (Å²) in [6, 6.07) is 7.02. The van der Waals surface area contributed by atoms with Gasteiger partial charge in [0, 0.05) is 13.0 Å². The number of carbonyl (C=O) groups is 3. The molecule has 27 heavy (non-hydrogen) atoms. The van der Waals surface area contributed by atoms with Crippen LogP contribution < -0.4 is 10.2 Å². The Kier molecular flexibility index (Phi) is 4.09. The van der Waals surface area contributed by atoms with Gasteiger partial charge in [-0.15, -0.1) is 10.2 Å². The molecule has 0 spiro atoms. The van der Waals surface area contributed by atoms with Crippen LogP contribution in [0, 0.1) is 0 Å². The number of hydrogen-bond donors (Lipinski definition) is 1. The van der Waals surface area contributed by atoms with Crippen molar-refractivity contribution in [2.75, 3.05) is 18.0 Å². The number of fused-ring (bicyclic) bond motifs is 3. The van der Waals surface area contributed by atoms with Crippen LogP contribution in [-0.4, -0.2) is 61.6 Å². The molecule has 1 saturated heterocycles. The second-order valence-corrected chi connectivity index (χ2v) is 6.74. The summed E-state index contributed by atoms with van der Waals surface area (Å²) in [5.41, 5.74) is 0.207. The fourth-order valence-corrected chi connectivity index (χ4v) is 3.73. The van der Waals surface area contributed by atoms with Crippen LogP contribution in [0.4, 0.5) is 5.69 Å². The Balaban J connectivity index is 1.52. The maximum Gasteiger partial charge on any atom is 0.258 e. The highest BCUT2D eigenvalue weighted by Crippen LogP contribution is 2.43. The molecule has 2 aromatic rings. The molecule has 0 aliphatic carbocycles. The number of para-hydroxylation sites is 1. The fraction of sp³-hybridized carbons (Fsp3) is 0.412. The molecule has 1 aromatic heterocycles. The SMILES string of the molecule is CC12CCC(=O)N1c1ccccc1C(=O)N2CC(=O)NCCn1ncnn1. The van der Waals surface area contributed by atoms with Crippen LogP contribution in [0.3, 0.4) is 0 Å². The van der Waals surface area contributed by atoms with Crippen LogP contribution in [0.5, 0.6) is 0 Å². The number of carbonyl (C=O) groups excluding carboxylic acids is 3. The van der Waals surface area contributed by atoms with Crippen LogP contribution in [0.25, 0.3) is 0 Å². The topological polar surface area (TPSA) is 113 Å². The van der Waals surface area contributed by atoms with Crippen LogP contribution >= 0.6 is 0 Å². The van der Waals surface area contributed by atoms with Crippen molar-refractivity contribution < 1.29 is 14.4 Å². The number of hydrogen-bond acceptors (Lipinski definition) is 6. The van der Waals surface area contributed by atoms with Crippen LogP contribution in [-0.2, 0) is 16.1 Å². The molecule has 3 amide bonds. The predicted octanol–water partition coefficient (Wildman–Crippen LogP) is -0.212. The standard InChI is InChI=1S/C17H19N7O3/c1-17-7-6-15(26)24(17)13-5-3-2-4-12(13)16(27)22(17)10-14(25)18-8-9-23-20-11-19-21-23/h2-5,11H,6-10H2,1H3,(H,18,25).